The van der Waals surface area contributed by atoms with Gasteiger partial charge in [0.2, 0.25) is 5.95 Å². The number of aryl methyl sites for hydroxylation is 1. The molecule has 0 saturated carbocycles. The standard InChI is InChI=1S/C10H10N4O4S/c1-7-3-2-4-8(14(15)16)9(7)19(17,18)13-10-11-5-6-12-10/h2-6H,1H3,(H2,11,12,13). The number of sulfonamides is 1. The Kier molecular flexibility index (Phi) is 3.21. The topological polar surface area (TPSA) is 118 Å². The third-order valence-corrected chi connectivity index (χ3v) is 3.92. The number of rotatable bonds is 4. The molecule has 0 radical (unpaired) electrons. The van der Waals surface area contributed by atoms with Gasteiger partial charge in [0.1, 0.15) is 0 Å². The lowest BCUT2D eigenvalue weighted by Crippen LogP contribution is -2.16. The first-order valence-corrected chi connectivity index (χ1v) is 6.66. The van der Waals surface area contributed by atoms with Gasteiger partial charge in [-0.2, -0.15) is 0 Å². The lowest BCUT2D eigenvalue weighted by Gasteiger charge is -2.08. The van der Waals surface area contributed by atoms with Crippen molar-refractivity contribution in [1.29, 1.82) is 0 Å². The third kappa shape index (κ3) is 2.55. The average Bonchev–Trinajstić information content (AvgIpc) is 2.80. The summed E-state index contributed by atoms with van der Waals surface area (Å²) in [6, 6.07) is 4.06. The molecule has 100 valence electrons. The molecular weight excluding hydrogens is 272 g/mol. The van der Waals surface area contributed by atoms with E-state index in [0.29, 0.717) is 0 Å². The summed E-state index contributed by atoms with van der Waals surface area (Å²) in [4.78, 5) is 16.1. The highest BCUT2D eigenvalue weighted by atomic mass is 32.2. The molecule has 0 amide bonds. The molecular formula is C10H10N4O4S. The zero-order chi connectivity index (χ0) is 14.0. The van der Waals surface area contributed by atoms with Gasteiger partial charge < -0.3 is 4.98 Å². The number of hydrogen-bond donors (Lipinski definition) is 2. The average molecular weight is 282 g/mol. The summed E-state index contributed by atoms with van der Waals surface area (Å²) >= 11 is 0. The molecule has 0 saturated heterocycles. The van der Waals surface area contributed by atoms with Crippen LogP contribution in [0, 0.1) is 17.0 Å². The second-order valence-corrected chi connectivity index (χ2v) is 5.34. The molecule has 1 aromatic carbocycles. The Hall–Kier alpha value is -2.42. The summed E-state index contributed by atoms with van der Waals surface area (Å²) in [5, 5.41) is 10.9. The maximum absolute atomic E-state index is 12.2. The third-order valence-electron chi connectivity index (χ3n) is 2.39. The Morgan fingerprint density at radius 3 is 2.74 bits per heavy atom. The van der Waals surface area contributed by atoms with E-state index in [-0.39, 0.29) is 16.4 Å². The molecule has 2 rings (SSSR count). The first-order chi connectivity index (χ1) is 8.92. The summed E-state index contributed by atoms with van der Waals surface area (Å²) in [6.07, 6.45) is 2.80. The van der Waals surface area contributed by atoms with Crippen molar-refractivity contribution in [2.45, 2.75) is 11.8 Å². The first-order valence-electron chi connectivity index (χ1n) is 5.18. The van der Waals surface area contributed by atoms with E-state index >= 15 is 0 Å². The van der Waals surface area contributed by atoms with Gasteiger partial charge in [-0.1, -0.05) is 12.1 Å². The molecule has 0 aliphatic carbocycles. The van der Waals surface area contributed by atoms with Crippen molar-refractivity contribution in [3.8, 4) is 0 Å². The number of nitro groups is 1. The smallest absolute Gasteiger partial charge is 0.290 e. The minimum atomic E-state index is -4.07. The number of benzene rings is 1. The number of aromatic amines is 1. The number of nitrogens with zero attached hydrogens (tertiary/aromatic N) is 2. The molecule has 0 aliphatic rings. The van der Waals surface area contributed by atoms with Crippen LogP contribution in [0.4, 0.5) is 11.6 Å². The van der Waals surface area contributed by atoms with Gasteiger partial charge in [0.25, 0.3) is 15.7 Å². The molecule has 8 nitrogen and oxygen atoms in total. The number of hydrogen-bond acceptors (Lipinski definition) is 5. The Morgan fingerprint density at radius 2 is 2.16 bits per heavy atom. The van der Waals surface area contributed by atoms with E-state index in [1.165, 1.54) is 31.5 Å². The van der Waals surface area contributed by atoms with E-state index in [9.17, 15) is 18.5 Å². The van der Waals surface area contributed by atoms with Crippen molar-refractivity contribution in [2.75, 3.05) is 4.72 Å². The van der Waals surface area contributed by atoms with E-state index in [0.717, 1.165) is 6.07 Å². The molecule has 0 atom stereocenters. The predicted molar refractivity (Wildman–Crippen MR) is 67.2 cm³/mol. The Morgan fingerprint density at radius 1 is 1.42 bits per heavy atom. The number of anilines is 1. The molecule has 2 aromatic rings. The van der Waals surface area contributed by atoms with Crippen LogP contribution in [-0.2, 0) is 10.0 Å². The Balaban J connectivity index is 2.54. The van der Waals surface area contributed by atoms with E-state index in [1.807, 2.05) is 0 Å². The highest BCUT2D eigenvalue weighted by molar-refractivity contribution is 7.92. The number of aromatic nitrogens is 2. The van der Waals surface area contributed by atoms with E-state index in [2.05, 4.69) is 14.7 Å². The van der Waals surface area contributed by atoms with Crippen molar-refractivity contribution >= 4 is 21.7 Å². The van der Waals surface area contributed by atoms with Gasteiger partial charge in [-0.3, -0.25) is 10.1 Å². The lowest BCUT2D eigenvalue weighted by molar-refractivity contribution is -0.387. The van der Waals surface area contributed by atoms with Crippen LogP contribution < -0.4 is 4.72 Å². The van der Waals surface area contributed by atoms with Crippen LogP contribution in [0.3, 0.4) is 0 Å². The summed E-state index contributed by atoms with van der Waals surface area (Å²) in [7, 11) is -4.07. The monoisotopic (exact) mass is 282 g/mol. The fraction of sp³-hybridized carbons (Fsp3) is 0.100. The van der Waals surface area contributed by atoms with Crippen molar-refractivity contribution in [3.63, 3.8) is 0 Å². The molecule has 1 aromatic heterocycles. The van der Waals surface area contributed by atoms with Crippen LogP contribution in [0.15, 0.2) is 35.5 Å². The van der Waals surface area contributed by atoms with Crippen LogP contribution in [-0.4, -0.2) is 23.3 Å². The Labute approximate surface area is 108 Å². The van der Waals surface area contributed by atoms with Crippen molar-refractivity contribution in [3.05, 3.63) is 46.3 Å². The van der Waals surface area contributed by atoms with Crippen LogP contribution in [0.2, 0.25) is 0 Å². The van der Waals surface area contributed by atoms with Crippen molar-refractivity contribution < 1.29 is 13.3 Å². The maximum atomic E-state index is 12.2. The zero-order valence-electron chi connectivity index (χ0n) is 9.82. The van der Waals surface area contributed by atoms with E-state index in [4.69, 9.17) is 0 Å². The normalized spacial score (nSPS) is 11.2. The number of H-pyrrole nitrogens is 1. The summed E-state index contributed by atoms with van der Waals surface area (Å²) in [5.41, 5.74) is -0.188. The number of nitro benzene ring substituents is 1. The second-order valence-electron chi connectivity index (χ2n) is 3.72. The van der Waals surface area contributed by atoms with Crippen molar-refractivity contribution in [1.82, 2.24) is 9.97 Å². The van der Waals surface area contributed by atoms with E-state index < -0.39 is 20.6 Å². The summed E-state index contributed by atoms with van der Waals surface area (Å²) in [5.74, 6) is -0.00227. The molecule has 0 aliphatic heterocycles. The van der Waals surface area contributed by atoms with Gasteiger partial charge in [0, 0.05) is 18.5 Å². The molecule has 0 bridgehead atoms. The summed E-state index contributed by atoms with van der Waals surface area (Å²) < 4.78 is 26.5. The lowest BCUT2D eigenvalue weighted by atomic mass is 10.2. The van der Waals surface area contributed by atoms with E-state index in [1.54, 1.807) is 0 Å². The van der Waals surface area contributed by atoms with Crippen molar-refractivity contribution in [2.24, 2.45) is 0 Å². The minimum absolute atomic E-state index is 0.00227. The largest absolute Gasteiger partial charge is 0.330 e. The van der Waals surface area contributed by atoms with Gasteiger partial charge in [-0.05, 0) is 12.5 Å². The predicted octanol–water partition coefficient (Wildman–Crippen LogP) is 1.43. The molecule has 0 unspecified atom stereocenters. The quantitative estimate of drug-likeness (QED) is 0.649. The van der Waals surface area contributed by atoms with Crippen LogP contribution in [0.1, 0.15) is 5.56 Å². The number of nitrogens with one attached hydrogen (secondary N) is 2. The molecule has 0 spiro atoms. The van der Waals surface area contributed by atoms with Gasteiger partial charge >= 0.3 is 0 Å². The number of imidazole rings is 1. The van der Waals surface area contributed by atoms with Gasteiger partial charge in [0.05, 0.1) is 4.92 Å². The molecule has 9 heteroatoms. The highest BCUT2D eigenvalue weighted by Crippen LogP contribution is 2.27. The SMILES string of the molecule is Cc1cccc([N+](=O)[O-])c1S(=O)(=O)Nc1ncc[nH]1. The minimum Gasteiger partial charge on any atom is -0.330 e. The zero-order valence-corrected chi connectivity index (χ0v) is 10.6. The second kappa shape index (κ2) is 4.69. The molecule has 2 N–H and O–H groups in total. The summed E-state index contributed by atoms with van der Waals surface area (Å²) in [6.45, 7) is 1.49. The first kappa shape index (κ1) is 13.0. The molecule has 19 heavy (non-hydrogen) atoms. The molecule has 0 fully saturated rings. The van der Waals surface area contributed by atoms with Gasteiger partial charge in [-0.25, -0.2) is 18.1 Å². The van der Waals surface area contributed by atoms with Crippen LogP contribution >= 0.6 is 0 Å². The maximum Gasteiger partial charge on any atom is 0.290 e. The van der Waals surface area contributed by atoms with Crippen LogP contribution in [0.25, 0.3) is 0 Å². The molecule has 1 heterocycles. The van der Waals surface area contributed by atoms with Crippen LogP contribution in [0.5, 0.6) is 0 Å². The highest BCUT2D eigenvalue weighted by Gasteiger charge is 2.28. The van der Waals surface area contributed by atoms with Gasteiger partial charge in [-0.15, -0.1) is 0 Å². The fourth-order valence-electron chi connectivity index (χ4n) is 1.63. The van der Waals surface area contributed by atoms with Gasteiger partial charge in [0.15, 0.2) is 4.90 Å². The Bertz CT molecular complexity index is 709. The fourth-order valence-corrected chi connectivity index (χ4v) is 3.01.